The van der Waals surface area contributed by atoms with Crippen LogP contribution < -0.4 is 0 Å². The number of amides is 1. The van der Waals surface area contributed by atoms with Crippen LogP contribution in [0, 0.1) is 0 Å². The summed E-state index contributed by atoms with van der Waals surface area (Å²) in [4.78, 5) is 24.5. The third kappa shape index (κ3) is 7.93. The fraction of sp³-hybridized carbons (Fsp3) is 0.524. The molecule has 0 aliphatic carbocycles. The molecule has 2 rings (SSSR count). The first kappa shape index (κ1) is 21.1. The number of rotatable bonds is 11. The van der Waals surface area contributed by atoms with Crippen molar-refractivity contribution in [1.82, 2.24) is 4.90 Å². The first-order valence-electron chi connectivity index (χ1n) is 9.55. The molecule has 2 N–H and O–H groups in total. The summed E-state index contributed by atoms with van der Waals surface area (Å²) in [5.41, 5.74) is 1.08. The molecule has 1 fully saturated rings. The Morgan fingerprint density at radius 3 is 2.81 bits per heavy atom. The number of aliphatic hydroxyl groups excluding tert-OH is 1. The number of aliphatic hydroxyl groups is 1. The Kier molecular flexibility index (Phi) is 9.01. The van der Waals surface area contributed by atoms with Crippen LogP contribution in [-0.4, -0.2) is 58.9 Å². The number of hydrogen-bond donors (Lipinski definition) is 2. The second-order valence-electron chi connectivity index (χ2n) is 6.84. The number of aliphatic carboxylic acids is 1. The molecular formula is C21H29NO5. The number of carbonyl (C=O) groups is 2. The van der Waals surface area contributed by atoms with E-state index < -0.39 is 12.1 Å². The zero-order chi connectivity index (χ0) is 19.5. The van der Waals surface area contributed by atoms with Crippen molar-refractivity contribution in [3.8, 4) is 0 Å². The van der Waals surface area contributed by atoms with E-state index in [1.54, 1.807) is 6.08 Å². The average molecular weight is 375 g/mol. The predicted octanol–water partition coefficient (Wildman–Crippen LogP) is 2.41. The van der Waals surface area contributed by atoms with Gasteiger partial charge in [0.25, 0.3) is 0 Å². The molecule has 1 saturated heterocycles. The third-order valence-electron chi connectivity index (χ3n) is 4.62. The third-order valence-corrected chi connectivity index (χ3v) is 4.62. The van der Waals surface area contributed by atoms with Gasteiger partial charge in [-0.1, -0.05) is 42.5 Å². The van der Waals surface area contributed by atoms with Crippen LogP contribution in [-0.2, 0) is 20.7 Å². The smallest absolute Gasteiger partial charge is 0.329 e. The predicted molar refractivity (Wildman–Crippen MR) is 102 cm³/mol. The number of ether oxygens (including phenoxy) is 1. The molecule has 6 heteroatoms. The van der Waals surface area contributed by atoms with E-state index >= 15 is 0 Å². The Morgan fingerprint density at radius 1 is 1.30 bits per heavy atom. The molecule has 1 amide bonds. The number of hydrogen-bond acceptors (Lipinski definition) is 4. The molecule has 6 nitrogen and oxygen atoms in total. The van der Waals surface area contributed by atoms with E-state index in [2.05, 4.69) is 0 Å². The first-order valence-corrected chi connectivity index (χ1v) is 9.55. The van der Waals surface area contributed by atoms with Gasteiger partial charge in [-0.15, -0.1) is 0 Å². The van der Waals surface area contributed by atoms with E-state index in [0.717, 1.165) is 24.8 Å². The van der Waals surface area contributed by atoms with Crippen molar-refractivity contribution in [1.29, 1.82) is 0 Å². The van der Waals surface area contributed by atoms with Gasteiger partial charge in [0.15, 0.2) is 0 Å². The summed E-state index contributed by atoms with van der Waals surface area (Å²) in [6.07, 6.45) is 7.52. The van der Waals surface area contributed by atoms with Crippen LogP contribution in [0.25, 0.3) is 0 Å². The zero-order valence-electron chi connectivity index (χ0n) is 15.6. The monoisotopic (exact) mass is 375 g/mol. The van der Waals surface area contributed by atoms with Crippen LogP contribution >= 0.6 is 0 Å². The maximum atomic E-state index is 12.3. The minimum atomic E-state index is -0.972. The lowest BCUT2D eigenvalue weighted by molar-refractivity contribution is -0.142. The molecule has 1 aromatic carbocycles. The second kappa shape index (κ2) is 11.5. The summed E-state index contributed by atoms with van der Waals surface area (Å²) < 4.78 is 5.02. The van der Waals surface area contributed by atoms with Gasteiger partial charge in [-0.2, -0.15) is 0 Å². The van der Waals surface area contributed by atoms with Crippen LogP contribution in [0.5, 0.6) is 0 Å². The molecule has 0 bridgehead atoms. The quantitative estimate of drug-likeness (QED) is 0.458. The molecule has 0 spiro atoms. The van der Waals surface area contributed by atoms with Gasteiger partial charge in [-0.25, -0.2) is 4.79 Å². The normalized spacial score (nSPS) is 18.8. The molecule has 0 radical (unpaired) electrons. The zero-order valence-corrected chi connectivity index (χ0v) is 15.6. The number of carboxylic acid groups (broad SMARTS) is 1. The van der Waals surface area contributed by atoms with Crippen LogP contribution in [0.3, 0.4) is 0 Å². The van der Waals surface area contributed by atoms with Gasteiger partial charge >= 0.3 is 5.97 Å². The molecule has 27 heavy (non-hydrogen) atoms. The Hall–Kier alpha value is -2.18. The van der Waals surface area contributed by atoms with Crippen LogP contribution in [0.4, 0.5) is 0 Å². The van der Waals surface area contributed by atoms with Crippen molar-refractivity contribution in [3.05, 3.63) is 48.0 Å². The summed E-state index contributed by atoms with van der Waals surface area (Å²) in [5.74, 6) is -0.833. The summed E-state index contributed by atoms with van der Waals surface area (Å²) in [7, 11) is 0. The number of carbonyl (C=O) groups excluding carboxylic acids is 1. The number of piperidine rings is 1. The maximum Gasteiger partial charge on any atom is 0.329 e. The molecule has 1 unspecified atom stereocenters. The molecule has 2 atom stereocenters. The summed E-state index contributed by atoms with van der Waals surface area (Å²) >= 11 is 0. The van der Waals surface area contributed by atoms with Gasteiger partial charge in [0.1, 0.15) is 6.61 Å². The Labute approximate surface area is 160 Å². The number of likely N-dealkylation sites (tertiary alicyclic amines) is 1. The fourth-order valence-electron chi connectivity index (χ4n) is 3.26. The Bertz CT molecular complexity index is 616. The van der Waals surface area contributed by atoms with Gasteiger partial charge in [-0.05, 0) is 31.2 Å². The van der Waals surface area contributed by atoms with Crippen LogP contribution in [0.2, 0.25) is 0 Å². The van der Waals surface area contributed by atoms with Crippen molar-refractivity contribution >= 4 is 11.9 Å². The van der Waals surface area contributed by atoms with Crippen molar-refractivity contribution in [3.63, 3.8) is 0 Å². The van der Waals surface area contributed by atoms with E-state index in [0.29, 0.717) is 32.4 Å². The SMILES string of the molecule is O=C(O)COCCCCN1C(=O)CCCC1C=C[C@H](O)Cc1ccccc1. The number of benzene rings is 1. The van der Waals surface area contributed by atoms with Crippen LogP contribution in [0.15, 0.2) is 42.5 Å². The van der Waals surface area contributed by atoms with Gasteiger partial charge in [0, 0.05) is 26.0 Å². The van der Waals surface area contributed by atoms with Crippen LogP contribution in [0.1, 0.15) is 37.7 Å². The highest BCUT2D eigenvalue weighted by Gasteiger charge is 2.25. The second-order valence-corrected chi connectivity index (χ2v) is 6.84. The number of carboxylic acids is 1. The summed E-state index contributed by atoms with van der Waals surface area (Å²) in [6.45, 7) is 0.719. The minimum absolute atomic E-state index is 0.0108. The van der Waals surface area contributed by atoms with Gasteiger partial charge < -0.3 is 19.8 Å². The molecule has 148 valence electrons. The lowest BCUT2D eigenvalue weighted by Gasteiger charge is -2.34. The maximum absolute atomic E-state index is 12.3. The van der Waals surface area contributed by atoms with E-state index in [1.807, 2.05) is 41.3 Å². The van der Waals surface area contributed by atoms with E-state index in [1.165, 1.54) is 0 Å². The lowest BCUT2D eigenvalue weighted by atomic mass is 9.99. The highest BCUT2D eigenvalue weighted by Crippen LogP contribution is 2.20. The average Bonchev–Trinajstić information content (AvgIpc) is 2.65. The summed E-state index contributed by atoms with van der Waals surface area (Å²) in [6, 6.07) is 9.83. The molecule has 1 aliphatic rings. The van der Waals surface area contributed by atoms with E-state index in [-0.39, 0.29) is 18.6 Å². The first-order chi connectivity index (χ1) is 13.1. The van der Waals surface area contributed by atoms with Gasteiger partial charge in [0.05, 0.1) is 12.1 Å². The largest absolute Gasteiger partial charge is 0.480 e. The molecule has 1 aliphatic heterocycles. The molecule has 1 aromatic rings. The molecular weight excluding hydrogens is 346 g/mol. The molecule has 0 aromatic heterocycles. The highest BCUT2D eigenvalue weighted by molar-refractivity contribution is 5.77. The highest BCUT2D eigenvalue weighted by atomic mass is 16.5. The van der Waals surface area contributed by atoms with E-state index in [4.69, 9.17) is 9.84 Å². The van der Waals surface area contributed by atoms with Crippen molar-refractivity contribution in [2.24, 2.45) is 0 Å². The summed E-state index contributed by atoms with van der Waals surface area (Å²) in [5, 5.41) is 18.8. The van der Waals surface area contributed by atoms with Crippen molar-refractivity contribution in [2.75, 3.05) is 19.8 Å². The minimum Gasteiger partial charge on any atom is -0.480 e. The number of nitrogens with zero attached hydrogens (tertiary/aromatic N) is 1. The standard InChI is InChI=1S/C21H29NO5/c23-19(15-17-7-2-1-3-8-17)12-11-18-9-6-10-20(24)22(18)13-4-5-14-27-16-21(25)26/h1-3,7-8,11-12,18-19,23H,4-6,9-10,13-16H2,(H,25,26)/t18?,19-/m0/s1. The fourth-order valence-corrected chi connectivity index (χ4v) is 3.26. The topological polar surface area (TPSA) is 87.1 Å². The molecule has 0 saturated carbocycles. The van der Waals surface area contributed by atoms with Crippen molar-refractivity contribution < 1.29 is 24.5 Å². The van der Waals surface area contributed by atoms with Gasteiger partial charge in [0.2, 0.25) is 5.91 Å². The van der Waals surface area contributed by atoms with E-state index in [9.17, 15) is 14.7 Å². The Morgan fingerprint density at radius 2 is 2.07 bits per heavy atom. The Balaban J connectivity index is 1.79. The molecule has 1 heterocycles. The lowest BCUT2D eigenvalue weighted by Crippen LogP contribution is -2.43. The van der Waals surface area contributed by atoms with Gasteiger partial charge in [-0.3, -0.25) is 4.79 Å². The number of unbranched alkanes of at least 4 members (excludes halogenated alkanes) is 1. The van der Waals surface area contributed by atoms with Crippen molar-refractivity contribution in [2.45, 2.75) is 50.7 Å².